The van der Waals surface area contributed by atoms with Gasteiger partial charge in [0, 0.05) is 5.39 Å². The van der Waals surface area contributed by atoms with Gasteiger partial charge in [0.25, 0.3) is 0 Å². The molecule has 0 bridgehead atoms. The van der Waals surface area contributed by atoms with Crippen LogP contribution in [0.3, 0.4) is 0 Å². The number of carbonyl (C=O) groups excluding carboxylic acids is 1. The zero-order valence-corrected chi connectivity index (χ0v) is 10.5. The van der Waals surface area contributed by atoms with Crippen LogP contribution < -0.4 is 0 Å². The van der Waals surface area contributed by atoms with Gasteiger partial charge in [-0.3, -0.25) is 4.79 Å². The van der Waals surface area contributed by atoms with Crippen LogP contribution in [-0.4, -0.2) is 18.1 Å². The molecule has 0 saturated carbocycles. The average molecular weight is 270 g/mol. The maximum absolute atomic E-state index is 11.2. The maximum atomic E-state index is 11.2. The molecule has 2 aromatic rings. The van der Waals surface area contributed by atoms with Crippen molar-refractivity contribution in [1.82, 2.24) is 4.98 Å². The number of halogens is 2. The molecule has 0 amide bonds. The first-order valence-electron chi connectivity index (χ1n) is 4.91. The number of benzene rings is 1. The minimum atomic E-state index is -0.280. The minimum Gasteiger partial charge on any atom is -0.469 e. The van der Waals surface area contributed by atoms with Crippen LogP contribution in [0.5, 0.6) is 0 Å². The predicted octanol–water partition coefficient (Wildman–Crippen LogP) is 3.26. The van der Waals surface area contributed by atoms with Crippen LogP contribution in [0.2, 0.25) is 10.2 Å². The normalized spacial score (nSPS) is 10.5. The molecule has 17 heavy (non-hydrogen) atoms. The molecule has 2 rings (SSSR count). The predicted molar refractivity (Wildman–Crippen MR) is 67.5 cm³/mol. The third-order valence-electron chi connectivity index (χ3n) is 2.37. The van der Waals surface area contributed by atoms with Gasteiger partial charge in [-0.1, -0.05) is 29.3 Å². The van der Waals surface area contributed by atoms with E-state index in [4.69, 9.17) is 23.2 Å². The number of methoxy groups -OCH3 is 1. The van der Waals surface area contributed by atoms with Gasteiger partial charge in [-0.2, -0.15) is 0 Å². The quantitative estimate of drug-likeness (QED) is 0.621. The Labute approximate surface area is 108 Å². The van der Waals surface area contributed by atoms with Crippen molar-refractivity contribution in [2.24, 2.45) is 0 Å². The zero-order chi connectivity index (χ0) is 12.4. The van der Waals surface area contributed by atoms with Gasteiger partial charge in [-0.15, -0.1) is 0 Å². The molecule has 0 aliphatic heterocycles. The summed E-state index contributed by atoms with van der Waals surface area (Å²) in [5, 5.41) is 1.52. The number of esters is 1. The van der Waals surface area contributed by atoms with E-state index >= 15 is 0 Å². The number of hydrogen-bond donors (Lipinski definition) is 0. The van der Waals surface area contributed by atoms with Gasteiger partial charge < -0.3 is 4.74 Å². The summed E-state index contributed by atoms with van der Waals surface area (Å²) in [7, 11) is 1.36. The summed E-state index contributed by atoms with van der Waals surface area (Å²) in [6.07, 6.45) is 0.229. The van der Waals surface area contributed by atoms with Crippen molar-refractivity contribution in [3.8, 4) is 0 Å². The number of fused-ring (bicyclic) bond motifs is 1. The van der Waals surface area contributed by atoms with E-state index in [9.17, 15) is 4.79 Å². The zero-order valence-electron chi connectivity index (χ0n) is 9.04. The van der Waals surface area contributed by atoms with E-state index in [0.29, 0.717) is 5.02 Å². The summed E-state index contributed by atoms with van der Waals surface area (Å²) in [5.41, 5.74) is 1.59. The van der Waals surface area contributed by atoms with Gasteiger partial charge in [0.2, 0.25) is 0 Å². The molecule has 0 aliphatic carbocycles. The Hall–Kier alpha value is -1.32. The van der Waals surface area contributed by atoms with Crippen LogP contribution in [0.1, 0.15) is 5.56 Å². The van der Waals surface area contributed by atoms with E-state index in [1.807, 2.05) is 12.1 Å². The van der Waals surface area contributed by atoms with Gasteiger partial charge in [-0.05, 0) is 23.8 Å². The molecule has 3 nitrogen and oxygen atoms in total. The van der Waals surface area contributed by atoms with Gasteiger partial charge in [-0.25, -0.2) is 4.98 Å². The van der Waals surface area contributed by atoms with Crippen molar-refractivity contribution in [2.75, 3.05) is 7.11 Å². The lowest BCUT2D eigenvalue weighted by Gasteiger charge is -2.04. The number of aromatic nitrogens is 1. The molecule has 88 valence electrons. The molecule has 0 saturated heterocycles. The Bertz CT molecular complexity index is 584. The fraction of sp³-hybridized carbons (Fsp3) is 0.167. The fourth-order valence-electron chi connectivity index (χ4n) is 1.53. The third-order valence-corrected chi connectivity index (χ3v) is 3.04. The van der Waals surface area contributed by atoms with Crippen LogP contribution in [-0.2, 0) is 16.0 Å². The summed E-state index contributed by atoms with van der Waals surface area (Å²) in [6, 6.07) is 7.20. The fourth-order valence-corrected chi connectivity index (χ4v) is 1.83. The highest BCUT2D eigenvalue weighted by atomic mass is 35.5. The lowest BCUT2D eigenvalue weighted by molar-refractivity contribution is -0.139. The molecule has 0 fully saturated rings. The molecule has 0 unspecified atom stereocenters. The Morgan fingerprint density at radius 2 is 2.12 bits per heavy atom. The van der Waals surface area contributed by atoms with Crippen molar-refractivity contribution in [3.05, 3.63) is 40.0 Å². The number of carbonyl (C=O) groups is 1. The van der Waals surface area contributed by atoms with Crippen LogP contribution in [0.15, 0.2) is 24.3 Å². The summed E-state index contributed by atoms with van der Waals surface area (Å²) < 4.78 is 4.61. The third kappa shape index (κ3) is 2.68. The number of pyridine rings is 1. The molecule has 0 spiro atoms. The van der Waals surface area contributed by atoms with E-state index in [2.05, 4.69) is 9.72 Å². The summed E-state index contributed by atoms with van der Waals surface area (Å²) in [6.45, 7) is 0. The molecule has 1 aromatic heterocycles. The molecule has 0 radical (unpaired) electrons. The lowest BCUT2D eigenvalue weighted by atomic mass is 10.1. The lowest BCUT2D eigenvalue weighted by Crippen LogP contribution is -2.04. The van der Waals surface area contributed by atoms with E-state index in [1.165, 1.54) is 7.11 Å². The Kier molecular flexibility index (Phi) is 3.50. The van der Waals surface area contributed by atoms with Crippen LogP contribution >= 0.6 is 23.2 Å². The van der Waals surface area contributed by atoms with E-state index in [1.54, 1.807) is 12.1 Å². The molecule has 0 N–H and O–H groups in total. The van der Waals surface area contributed by atoms with Gasteiger partial charge in [0.05, 0.1) is 24.1 Å². The molecule has 0 atom stereocenters. The second-order valence-corrected chi connectivity index (χ2v) is 4.31. The second-order valence-electron chi connectivity index (χ2n) is 3.54. The van der Waals surface area contributed by atoms with E-state index in [0.717, 1.165) is 16.5 Å². The number of nitrogens with zero attached hydrogens (tertiary/aromatic N) is 1. The number of hydrogen-bond acceptors (Lipinski definition) is 3. The Morgan fingerprint density at radius 3 is 2.82 bits per heavy atom. The highest BCUT2D eigenvalue weighted by Crippen LogP contribution is 2.25. The minimum absolute atomic E-state index is 0.229. The summed E-state index contributed by atoms with van der Waals surface area (Å²) in [5.74, 6) is -0.280. The maximum Gasteiger partial charge on any atom is 0.309 e. The van der Waals surface area contributed by atoms with Crippen molar-refractivity contribution >= 4 is 40.1 Å². The van der Waals surface area contributed by atoms with Crippen molar-refractivity contribution in [2.45, 2.75) is 6.42 Å². The largest absolute Gasteiger partial charge is 0.469 e. The molecule has 0 aliphatic rings. The van der Waals surface area contributed by atoms with E-state index in [-0.39, 0.29) is 17.5 Å². The first-order chi connectivity index (χ1) is 8.10. The molecule has 1 heterocycles. The van der Waals surface area contributed by atoms with E-state index < -0.39 is 0 Å². The smallest absolute Gasteiger partial charge is 0.309 e. The Morgan fingerprint density at radius 1 is 1.35 bits per heavy atom. The van der Waals surface area contributed by atoms with Crippen molar-refractivity contribution in [1.29, 1.82) is 0 Å². The molecular formula is C12H9Cl2NO2. The second kappa shape index (κ2) is 4.90. The van der Waals surface area contributed by atoms with Crippen LogP contribution in [0.25, 0.3) is 10.9 Å². The average Bonchev–Trinajstić information content (AvgIpc) is 2.31. The summed E-state index contributed by atoms with van der Waals surface area (Å²) in [4.78, 5) is 15.3. The number of ether oxygens (including phenoxy) is 1. The first kappa shape index (κ1) is 12.1. The van der Waals surface area contributed by atoms with Gasteiger partial charge in [0.1, 0.15) is 5.15 Å². The van der Waals surface area contributed by atoms with Gasteiger partial charge in [0.15, 0.2) is 0 Å². The topological polar surface area (TPSA) is 39.2 Å². The SMILES string of the molecule is COC(=O)Cc1ccc2nc(Cl)c(Cl)cc2c1. The number of rotatable bonds is 2. The van der Waals surface area contributed by atoms with Crippen LogP contribution in [0.4, 0.5) is 0 Å². The summed E-state index contributed by atoms with van der Waals surface area (Å²) >= 11 is 11.7. The highest BCUT2D eigenvalue weighted by molar-refractivity contribution is 6.41. The van der Waals surface area contributed by atoms with Crippen molar-refractivity contribution in [3.63, 3.8) is 0 Å². The monoisotopic (exact) mass is 269 g/mol. The molecule has 5 heteroatoms. The van der Waals surface area contributed by atoms with Crippen molar-refractivity contribution < 1.29 is 9.53 Å². The van der Waals surface area contributed by atoms with Gasteiger partial charge >= 0.3 is 5.97 Å². The standard InChI is InChI=1S/C12H9Cl2NO2/c1-17-11(16)5-7-2-3-10-8(4-7)6-9(13)12(14)15-10/h2-4,6H,5H2,1H3. The molecule has 1 aromatic carbocycles. The Balaban J connectivity index is 2.43. The first-order valence-corrected chi connectivity index (χ1v) is 5.67. The van der Waals surface area contributed by atoms with Crippen LogP contribution in [0, 0.1) is 0 Å². The molecular weight excluding hydrogens is 261 g/mol. The highest BCUT2D eigenvalue weighted by Gasteiger charge is 2.06.